The van der Waals surface area contributed by atoms with Gasteiger partial charge in [0, 0.05) is 41.9 Å². The second-order valence-electron chi connectivity index (χ2n) is 8.12. The molecule has 1 saturated heterocycles. The predicted molar refractivity (Wildman–Crippen MR) is 134 cm³/mol. The molecule has 0 radical (unpaired) electrons. The van der Waals surface area contributed by atoms with Gasteiger partial charge in [0.2, 0.25) is 5.91 Å². The zero-order valence-electron chi connectivity index (χ0n) is 18.8. The highest BCUT2D eigenvalue weighted by atomic mass is 32.1. The normalized spacial score (nSPS) is 15.7. The lowest BCUT2D eigenvalue weighted by molar-refractivity contribution is -0.116. The van der Waals surface area contributed by atoms with Crippen LogP contribution in [0.1, 0.15) is 44.3 Å². The van der Waals surface area contributed by atoms with Gasteiger partial charge in [-0.1, -0.05) is 36.4 Å². The zero-order chi connectivity index (χ0) is 24.9. The van der Waals surface area contributed by atoms with Crippen molar-refractivity contribution in [2.45, 2.75) is 6.92 Å². The molecule has 0 bridgehead atoms. The number of anilines is 2. The fourth-order valence-corrected chi connectivity index (χ4v) is 4.32. The van der Waals surface area contributed by atoms with E-state index >= 15 is 0 Å². The summed E-state index contributed by atoms with van der Waals surface area (Å²) in [6.07, 6.45) is 1.55. The van der Waals surface area contributed by atoms with E-state index in [1.54, 1.807) is 67.7 Å². The number of nitrogens with zero attached hydrogens (tertiary/aromatic N) is 2. The van der Waals surface area contributed by atoms with E-state index in [-0.39, 0.29) is 39.5 Å². The molecule has 1 aliphatic carbocycles. The molecule has 2 amide bonds. The monoisotopic (exact) mass is 482 g/mol. The molecule has 0 spiro atoms. The molecule has 172 valence electrons. The van der Waals surface area contributed by atoms with Crippen molar-refractivity contribution in [2.24, 2.45) is 0 Å². The molecule has 5 rings (SSSR count). The van der Waals surface area contributed by atoms with Gasteiger partial charge >= 0.3 is 5.91 Å². The molecule has 8 heteroatoms. The smallest absolute Gasteiger partial charge is 0.301 e. The van der Waals surface area contributed by atoms with Crippen LogP contribution in [0.3, 0.4) is 0 Å². The van der Waals surface area contributed by atoms with Crippen LogP contribution in [0.15, 0.2) is 72.5 Å². The van der Waals surface area contributed by atoms with Gasteiger partial charge < -0.3 is 9.64 Å². The van der Waals surface area contributed by atoms with Gasteiger partial charge in [-0.25, -0.2) is 4.90 Å². The Morgan fingerprint density at radius 2 is 1.49 bits per heavy atom. The van der Waals surface area contributed by atoms with Crippen LogP contribution >= 0.6 is 12.2 Å². The number of hydrogen-bond acceptors (Lipinski definition) is 6. The Balaban J connectivity index is 1.45. The van der Waals surface area contributed by atoms with Crippen molar-refractivity contribution in [3.05, 3.63) is 100 Å². The first kappa shape index (κ1) is 22.4. The van der Waals surface area contributed by atoms with Crippen molar-refractivity contribution in [1.82, 2.24) is 0 Å². The van der Waals surface area contributed by atoms with E-state index in [0.717, 1.165) is 0 Å². The number of rotatable bonds is 3. The minimum Gasteiger partial charge on any atom is -0.425 e. The molecule has 35 heavy (non-hydrogen) atoms. The average Bonchev–Trinajstić information content (AvgIpc) is 3.14. The fraction of sp³-hybridized carbons (Fsp3) is 0.0741. The molecular weight excluding hydrogens is 464 g/mol. The van der Waals surface area contributed by atoms with Crippen LogP contribution < -0.4 is 9.80 Å². The summed E-state index contributed by atoms with van der Waals surface area (Å²) in [6.45, 7) is 1.47. The highest BCUT2D eigenvalue weighted by molar-refractivity contribution is 7.80. The Morgan fingerprint density at radius 1 is 0.886 bits per heavy atom. The minimum absolute atomic E-state index is 0.0214. The summed E-state index contributed by atoms with van der Waals surface area (Å²) in [5.74, 6) is -1.10. The van der Waals surface area contributed by atoms with Gasteiger partial charge in [0.25, 0.3) is 5.17 Å². The second kappa shape index (κ2) is 8.41. The number of fused-ring (bicyclic) bond motifs is 2. The van der Waals surface area contributed by atoms with Gasteiger partial charge in [0.05, 0.1) is 5.69 Å². The van der Waals surface area contributed by atoms with E-state index in [1.165, 1.54) is 28.9 Å². The lowest BCUT2D eigenvalue weighted by Crippen LogP contribution is -2.29. The molecule has 7 nitrogen and oxygen atoms in total. The summed E-state index contributed by atoms with van der Waals surface area (Å²) in [5.41, 5.74) is 2.91. The van der Waals surface area contributed by atoms with Gasteiger partial charge in [-0.05, 0) is 54.2 Å². The lowest BCUT2D eigenvalue weighted by Gasteiger charge is -2.20. The SMILES string of the molecule is CC(=O)N(C)c1ccc(/C=C2/OC(=S)N(c3ccc4c(c3)C(=O)c3ccccc3C4=O)C2=O)cc1. The molecule has 1 heterocycles. The van der Waals surface area contributed by atoms with Crippen LogP contribution in [0.25, 0.3) is 6.08 Å². The van der Waals surface area contributed by atoms with Crippen molar-refractivity contribution >= 4 is 58.2 Å². The van der Waals surface area contributed by atoms with Crippen molar-refractivity contribution in [2.75, 3.05) is 16.8 Å². The fourth-order valence-electron chi connectivity index (χ4n) is 4.04. The highest BCUT2D eigenvalue weighted by Gasteiger charge is 2.37. The van der Waals surface area contributed by atoms with Crippen LogP contribution in [-0.4, -0.2) is 35.6 Å². The topological polar surface area (TPSA) is 84.0 Å². The maximum absolute atomic E-state index is 13.1. The van der Waals surface area contributed by atoms with Gasteiger partial charge in [-0.2, -0.15) is 0 Å². The summed E-state index contributed by atoms with van der Waals surface area (Å²) in [5, 5.41) is -0.0795. The standard InChI is InChI=1S/C27H18N2O5S/c1-15(30)28(2)17-9-7-16(8-10-17)13-23-26(33)29(27(35)34-23)18-11-12-21-22(14-18)25(32)20-6-4-3-5-19(20)24(21)31/h3-14H,1-2H3/b23-13+. The first-order chi connectivity index (χ1) is 16.8. The molecule has 1 aliphatic heterocycles. The van der Waals surface area contributed by atoms with E-state index in [2.05, 4.69) is 0 Å². The Labute approximate surface area is 206 Å². The van der Waals surface area contributed by atoms with Crippen molar-refractivity contribution in [1.29, 1.82) is 0 Å². The van der Waals surface area contributed by atoms with Gasteiger partial charge in [0.1, 0.15) is 0 Å². The largest absolute Gasteiger partial charge is 0.425 e. The number of ether oxygens (including phenoxy) is 1. The number of amides is 2. The minimum atomic E-state index is -0.491. The third-order valence-electron chi connectivity index (χ3n) is 6.01. The molecule has 3 aromatic carbocycles. The van der Waals surface area contributed by atoms with Crippen LogP contribution in [-0.2, 0) is 14.3 Å². The van der Waals surface area contributed by atoms with Gasteiger partial charge in [-0.3, -0.25) is 19.2 Å². The van der Waals surface area contributed by atoms with Crippen LogP contribution in [0.5, 0.6) is 0 Å². The average molecular weight is 483 g/mol. The van der Waals surface area contributed by atoms with Crippen LogP contribution in [0.4, 0.5) is 11.4 Å². The Bertz CT molecular complexity index is 1490. The number of carbonyl (C=O) groups excluding carboxylic acids is 4. The molecule has 0 aromatic heterocycles. The van der Waals surface area contributed by atoms with Crippen LogP contribution in [0.2, 0.25) is 0 Å². The third-order valence-corrected chi connectivity index (χ3v) is 6.28. The molecule has 1 fully saturated rings. The van der Waals surface area contributed by atoms with Crippen molar-refractivity contribution in [3.8, 4) is 0 Å². The van der Waals surface area contributed by atoms with E-state index in [0.29, 0.717) is 28.1 Å². The molecule has 2 aliphatic rings. The van der Waals surface area contributed by atoms with E-state index in [1.807, 2.05) is 0 Å². The molecule has 0 saturated carbocycles. The summed E-state index contributed by atoms with van der Waals surface area (Å²) in [4.78, 5) is 53.3. The van der Waals surface area contributed by atoms with E-state index in [9.17, 15) is 19.2 Å². The predicted octanol–water partition coefficient (Wildman–Crippen LogP) is 4.13. The highest BCUT2D eigenvalue weighted by Crippen LogP contribution is 2.33. The quantitative estimate of drug-likeness (QED) is 0.323. The Hall–Kier alpha value is -4.43. The lowest BCUT2D eigenvalue weighted by atomic mass is 9.84. The molecule has 3 aromatic rings. The maximum Gasteiger partial charge on any atom is 0.301 e. The van der Waals surface area contributed by atoms with Gasteiger partial charge in [-0.15, -0.1) is 0 Å². The number of carbonyl (C=O) groups is 4. The maximum atomic E-state index is 13.1. The van der Waals surface area contributed by atoms with E-state index in [4.69, 9.17) is 17.0 Å². The van der Waals surface area contributed by atoms with Crippen molar-refractivity contribution < 1.29 is 23.9 Å². The molecular formula is C27H18N2O5S. The summed E-state index contributed by atoms with van der Waals surface area (Å²) >= 11 is 5.29. The molecule has 0 atom stereocenters. The summed E-state index contributed by atoms with van der Waals surface area (Å²) in [6, 6.07) is 18.3. The first-order valence-corrected chi connectivity index (χ1v) is 11.1. The Kier molecular flexibility index (Phi) is 5.37. The Morgan fingerprint density at radius 3 is 2.11 bits per heavy atom. The first-order valence-electron chi connectivity index (χ1n) is 10.7. The third kappa shape index (κ3) is 3.74. The number of ketones is 2. The van der Waals surface area contributed by atoms with E-state index < -0.39 is 5.91 Å². The number of thiocarbonyl (C=S) groups is 1. The summed E-state index contributed by atoms with van der Waals surface area (Å²) in [7, 11) is 1.67. The number of hydrogen-bond donors (Lipinski definition) is 0. The number of benzene rings is 3. The van der Waals surface area contributed by atoms with Crippen LogP contribution in [0, 0.1) is 0 Å². The van der Waals surface area contributed by atoms with Crippen molar-refractivity contribution in [3.63, 3.8) is 0 Å². The molecule has 0 unspecified atom stereocenters. The van der Waals surface area contributed by atoms with Gasteiger partial charge in [0.15, 0.2) is 17.3 Å². The second-order valence-corrected chi connectivity index (χ2v) is 8.47. The molecule has 0 N–H and O–H groups in total. The summed E-state index contributed by atoms with van der Waals surface area (Å²) < 4.78 is 5.56. The zero-order valence-corrected chi connectivity index (χ0v) is 19.6.